The maximum Gasteiger partial charge on any atom is 0.0995 e. The summed E-state index contributed by atoms with van der Waals surface area (Å²) in [6.45, 7) is 0.579. The number of halogens is 1. The summed E-state index contributed by atoms with van der Waals surface area (Å²) in [6, 6.07) is 17.4. The molecule has 4 heteroatoms. The summed E-state index contributed by atoms with van der Waals surface area (Å²) in [7, 11) is 0. The SMILES string of the molecule is N#Cc1ccccc1CNc1ccc(Cl)c2ncccc12. The van der Waals surface area contributed by atoms with E-state index in [1.165, 1.54) is 0 Å². The van der Waals surface area contributed by atoms with E-state index in [0.717, 1.165) is 22.2 Å². The molecule has 1 heterocycles. The fourth-order valence-electron chi connectivity index (χ4n) is 2.27. The number of nitrogens with zero attached hydrogens (tertiary/aromatic N) is 2. The van der Waals surface area contributed by atoms with E-state index < -0.39 is 0 Å². The largest absolute Gasteiger partial charge is 0.380 e. The van der Waals surface area contributed by atoms with Gasteiger partial charge in [-0.1, -0.05) is 29.8 Å². The summed E-state index contributed by atoms with van der Waals surface area (Å²) in [5, 5.41) is 14.1. The number of fused-ring (bicyclic) bond motifs is 1. The smallest absolute Gasteiger partial charge is 0.0995 e. The first-order chi connectivity index (χ1) is 10.3. The summed E-state index contributed by atoms with van der Waals surface area (Å²) < 4.78 is 0. The van der Waals surface area contributed by atoms with Crippen molar-refractivity contribution in [2.45, 2.75) is 6.54 Å². The first kappa shape index (κ1) is 13.4. The molecule has 0 atom stereocenters. The Hall–Kier alpha value is -2.57. The molecule has 0 aliphatic carbocycles. The fourth-order valence-corrected chi connectivity index (χ4v) is 2.48. The van der Waals surface area contributed by atoms with Gasteiger partial charge in [0.2, 0.25) is 0 Å². The van der Waals surface area contributed by atoms with Crippen molar-refractivity contribution in [1.29, 1.82) is 5.26 Å². The van der Waals surface area contributed by atoms with Crippen LogP contribution in [0.25, 0.3) is 10.9 Å². The summed E-state index contributed by atoms with van der Waals surface area (Å²) >= 11 is 6.16. The van der Waals surface area contributed by atoms with Gasteiger partial charge in [0.05, 0.1) is 22.2 Å². The van der Waals surface area contributed by atoms with E-state index >= 15 is 0 Å². The zero-order valence-corrected chi connectivity index (χ0v) is 11.9. The van der Waals surface area contributed by atoms with Gasteiger partial charge in [-0.3, -0.25) is 4.98 Å². The van der Waals surface area contributed by atoms with Crippen LogP contribution in [-0.2, 0) is 6.54 Å². The molecule has 3 aromatic rings. The van der Waals surface area contributed by atoms with E-state index in [1.807, 2.05) is 48.5 Å². The van der Waals surface area contributed by atoms with Gasteiger partial charge in [-0.05, 0) is 35.9 Å². The molecule has 1 N–H and O–H groups in total. The van der Waals surface area contributed by atoms with Crippen LogP contribution in [0.2, 0.25) is 5.02 Å². The number of benzene rings is 2. The van der Waals surface area contributed by atoms with Crippen LogP contribution in [0.4, 0.5) is 5.69 Å². The summed E-state index contributed by atoms with van der Waals surface area (Å²) in [5.74, 6) is 0. The lowest BCUT2D eigenvalue weighted by atomic mass is 10.1. The minimum absolute atomic E-state index is 0.579. The Kier molecular flexibility index (Phi) is 3.72. The predicted molar refractivity (Wildman–Crippen MR) is 85.2 cm³/mol. The molecule has 0 amide bonds. The van der Waals surface area contributed by atoms with E-state index in [9.17, 15) is 0 Å². The standard InChI is InChI=1S/C17H12ClN3/c18-15-7-8-16(14-6-3-9-20-17(14)15)21-11-13-5-2-1-4-12(13)10-19/h1-9,21H,11H2. The van der Waals surface area contributed by atoms with Crippen LogP contribution in [0, 0.1) is 11.3 Å². The highest BCUT2D eigenvalue weighted by Gasteiger charge is 2.06. The number of hydrogen-bond donors (Lipinski definition) is 1. The van der Waals surface area contributed by atoms with E-state index in [1.54, 1.807) is 6.20 Å². The van der Waals surface area contributed by atoms with Gasteiger partial charge < -0.3 is 5.32 Å². The van der Waals surface area contributed by atoms with Crippen molar-refractivity contribution in [3.05, 3.63) is 70.9 Å². The first-order valence-corrected chi connectivity index (χ1v) is 6.92. The average Bonchev–Trinajstić information content (AvgIpc) is 2.55. The third-order valence-corrected chi connectivity index (χ3v) is 3.63. The highest BCUT2D eigenvalue weighted by Crippen LogP contribution is 2.28. The van der Waals surface area contributed by atoms with Gasteiger partial charge >= 0.3 is 0 Å². The van der Waals surface area contributed by atoms with Crippen LogP contribution in [0.1, 0.15) is 11.1 Å². The highest BCUT2D eigenvalue weighted by atomic mass is 35.5. The number of aromatic nitrogens is 1. The molecular formula is C17H12ClN3. The van der Waals surface area contributed by atoms with Crippen LogP contribution < -0.4 is 5.32 Å². The van der Waals surface area contributed by atoms with Crippen molar-refractivity contribution >= 4 is 28.2 Å². The second-order valence-corrected chi connectivity index (χ2v) is 5.02. The molecule has 21 heavy (non-hydrogen) atoms. The molecule has 0 aliphatic rings. The Bertz CT molecular complexity index is 837. The molecule has 0 fully saturated rings. The van der Waals surface area contributed by atoms with Crippen molar-refractivity contribution in [3.8, 4) is 6.07 Å². The Morgan fingerprint density at radius 3 is 2.81 bits per heavy atom. The second kappa shape index (κ2) is 5.82. The normalized spacial score (nSPS) is 10.3. The lowest BCUT2D eigenvalue weighted by molar-refractivity contribution is 1.14. The van der Waals surface area contributed by atoms with Gasteiger partial charge in [-0.2, -0.15) is 5.26 Å². The predicted octanol–water partition coefficient (Wildman–Crippen LogP) is 4.37. The molecular weight excluding hydrogens is 282 g/mol. The van der Waals surface area contributed by atoms with Gasteiger partial charge in [0.25, 0.3) is 0 Å². The van der Waals surface area contributed by atoms with Gasteiger partial charge in [0.1, 0.15) is 0 Å². The lowest BCUT2D eigenvalue weighted by Gasteiger charge is -2.11. The quantitative estimate of drug-likeness (QED) is 0.780. The zero-order chi connectivity index (χ0) is 14.7. The molecule has 102 valence electrons. The van der Waals surface area contributed by atoms with E-state index in [2.05, 4.69) is 16.4 Å². The molecule has 0 saturated carbocycles. The molecule has 3 nitrogen and oxygen atoms in total. The Morgan fingerprint density at radius 2 is 1.95 bits per heavy atom. The van der Waals surface area contributed by atoms with Crippen LogP contribution >= 0.6 is 11.6 Å². The van der Waals surface area contributed by atoms with Crippen molar-refractivity contribution in [3.63, 3.8) is 0 Å². The average molecular weight is 294 g/mol. The third kappa shape index (κ3) is 2.67. The monoisotopic (exact) mass is 293 g/mol. The lowest BCUT2D eigenvalue weighted by Crippen LogP contribution is -2.02. The molecule has 1 aromatic heterocycles. The molecule has 0 radical (unpaired) electrons. The third-order valence-electron chi connectivity index (χ3n) is 3.33. The molecule has 0 saturated heterocycles. The Labute approximate surface area is 127 Å². The number of nitriles is 1. The summed E-state index contributed by atoms with van der Waals surface area (Å²) in [5.41, 5.74) is 3.38. The summed E-state index contributed by atoms with van der Waals surface area (Å²) in [4.78, 5) is 4.31. The first-order valence-electron chi connectivity index (χ1n) is 6.54. The number of hydrogen-bond acceptors (Lipinski definition) is 3. The Balaban J connectivity index is 1.93. The van der Waals surface area contributed by atoms with Crippen LogP contribution in [0.3, 0.4) is 0 Å². The van der Waals surface area contributed by atoms with Crippen molar-refractivity contribution < 1.29 is 0 Å². The minimum atomic E-state index is 0.579. The van der Waals surface area contributed by atoms with Gasteiger partial charge in [-0.25, -0.2) is 0 Å². The van der Waals surface area contributed by atoms with E-state index in [4.69, 9.17) is 16.9 Å². The van der Waals surface area contributed by atoms with E-state index in [-0.39, 0.29) is 0 Å². The van der Waals surface area contributed by atoms with Gasteiger partial charge in [0, 0.05) is 23.8 Å². The van der Waals surface area contributed by atoms with Crippen molar-refractivity contribution in [2.75, 3.05) is 5.32 Å². The topological polar surface area (TPSA) is 48.7 Å². The van der Waals surface area contributed by atoms with Gasteiger partial charge in [-0.15, -0.1) is 0 Å². The van der Waals surface area contributed by atoms with Gasteiger partial charge in [0.15, 0.2) is 0 Å². The summed E-state index contributed by atoms with van der Waals surface area (Å²) in [6.07, 6.45) is 1.73. The number of pyridine rings is 1. The molecule has 3 rings (SSSR count). The van der Waals surface area contributed by atoms with Crippen LogP contribution in [-0.4, -0.2) is 4.98 Å². The molecule has 0 unspecified atom stereocenters. The van der Waals surface area contributed by atoms with E-state index in [0.29, 0.717) is 17.1 Å². The minimum Gasteiger partial charge on any atom is -0.380 e. The van der Waals surface area contributed by atoms with Crippen molar-refractivity contribution in [2.24, 2.45) is 0 Å². The number of rotatable bonds is 3. The number of anilines is 1. The maximum absolute atomic E-state index is 9.12. The molecule has 0 spiro atoms. The number of nitrogens with one attached hydrogen (secondary N) is 1. The molecule has 0 aliphatic heterocycles. The fraction of sp³-hybridized carbons (Fsp3) is 0.0588. The maximum atomic E-state index is 9.12. The molecule has 0 bridgehead atoms. The Morgan fingerprint density at radius 1 is 1.10 bits per heavy atom. The van der Waals surface area contributed by atoms with Crippen LogP contribution in [0.5, 0.6) is 0 Å². The molecule has 2 aromatic carbocycles. The second-order valence-electron chi connectivity index (χ2n) is 4.62. The highest BCUT2D eigenvalue weighted by molar-refractivity contribution is 6.35. The zero-order valence-electron chi connectivity index (χ0n) is 11.2. The van der Waals surface area contributed by atoms with Crippen molar-refractivity contribution in [1.82, 2.24) is 4.98 Å². The van der Waals surface area contributed by atoms with Crippen LogP contribution in [0.15, 0.2) is 54.7 Å².